The van der Waals surface area contributed by atoms with E-state index in [1.54, 1.807) is 15.9 Å². The highest BCUT2D eigenvalue weighted by Gasteiger charge is 2.25. The van der Waals surface area contributed by atoms with Crippen molar-refractivity contribution in [2.45, 2.75) is 44.0 Å². The van der Waals surface area contributed by atoms with Crippen molar-refractivity contribution < 1.29 is 0 Å². The molecule has 1 aliphatic carbocycles. The molecule has 0 amide bonds. The number of hydrogen-bond acceptors (Lipinski definition) is 5. The molecule has 0 saturated carbocycles. The molecule has 5 rings (SSSR count). The van der Waals surface area contributed by atoms with Gasteiger partial charge in [0, 0.05) is 15.7 Å². The number of thioether (sulfide) groups is 1. The maximum atomic E-state index is 13.9. The molecule has 0 unspecified atom stereocenters. The summed E-state index contributed by atoms with van der Waals surface area (Å²) >= 11 is 9.63. The molecule has 1 atom stereocenters. The molecule has 166 valence electrons. The molecule has 0 spiro atoms. The monoisotopic (exact) mass is 491 g/mol. The lowest BCUT2D eigenvalue weighted by Crippen LogP contribution is -2.22. The van der Waals surface area contributed by atoms with Gasteiger partial charge in [-0.15, -0.1) is 11.3 Å². The zero-order chi connectivity index (χ0) is 23.1. The molecule has 0 aliphatic heterocycles. The summed E-state index contributed by atoms with van der Waals surface area (Å²) < 4.78 is 1.72. The number of aryl methyl sites for hydroxylation is 2. The summed E-state index contributed by atoms with van der Waals surface area (Å²) in [4.78, 5) is 21.0. The van der Waals surface area contributed by atoms with Crippen molar-refractivity contribution in [1.82, 2.24) is 9.55 Å². The zero-order valence-corrected chi connectivity index (χ0v) is 20.8. The van der Waals surface area contributed by atoms with Crippen LogP contribution in [0.15, 0.2) is 52.4 Å². The molecule has 0 saturated heterocycles. The van der Waals surface area contributed by atoms with Crippen LogP contribution in [-0.2, 0) is 18.6 Å². The Morgan fingerprint density at radius 3 is 2.79 bits per heavy atom. The van der Waals surface area contributed by atoms with E-state index in [9.17, 15) is 4.79 Å². The van der Waals surface area contributed by atoms with E-state index in [1.807, 2.05) is 49.4 Å². The minimum atomic E-state index is -0.0192. The first-order valence-electron chi connectivity index (χ1n) is 10.9. The molecule has 0 bridgehead atoms. The van der Waals surface area contributed by atoms with Crippen molar-refractivity contribution in [3.8, 4) is 11.8 Å². The van der Waals surface area contributed by atoms with Crippen LogP contribution in [0.5, 0.6) is 0 Å². The van der Waals surface area contributed by atoms with Crippen molar-refractivity contribution in [3.05, 3.63) is 85.0 Å². The third-order valence-corrected chi connectivity index (χ3v) is 8.73. The molecule has 4 nitrogen and oxygen atoms in total. The van der Waals surface area contributed by atoms with Crippen molar-refractivity contribution in [2.75, 3.05) is 0 Å². The van der Waals surface area contributed by atoms with Crippen LogP contribution in [0.25, 0.3) is 15.9 Å². The fourth-order valence-electron chi connectivity index (χ4n) is 4.24. The van der Waals surface area contributed by atoms with E-state index >= 15 is 0 Å². The maximum Gasteiger partial charge on any atom is 0.267 e. The van der Waals surface area contributed by atoms with Crippen LogP contribution < -0.4 is 5.56 Å². The van der Waals surface area contributed by atoms with Gasteiger partial charge in [0.2, 0.25) is 0 Å². The summed E-state index contributed by atoms with van der Waals surface area (Å²) in [7, 11) is 0. The summed E-state index contributed by atoms with van der Waals surface area (Å²) in [6, 6.07) is 15.4. The smallest absolute Gasteiger partial charge is 0.267 e. The molecule has 0 N–H and O–H groups in total. The summed E-state index contributed by atoms with van der Waals surface area (Å²) in [6.07, 6.45) is 3.05. The van der Waals surface area contributed by atoms with E-state index in [0.717, 1.165) is 46.3 Å². The minimum absolute atomic E-state index is 0.0192. The normalized spacial score (nSPS) is 15.4. The van der Waals surface area contributed by atoms with Gasteiger partial charge in [-0.05, 0) is 73.1 Å². The molecule has 1 aliphatic rings. The Hall–Kier alpha value is -2.59. The number of thiophene rings is 1. The number of rotatable bonds is 4. The van der Waals surface area contributed by atoms with Crippen LogP contribution in [0.2, 0.25) is 5.02 Å². The van der Waals surface area contributed by atoms with Crippen LogP contribution in [0.4, 0.5) is 0 Å². The van der Waals surface area contributed by atoms with E-state index < -0.39 is 0 Å². The second-order valence-corrected chi connectivity index (χ2v) is 11.0. The lowest BCUT2D eigenvalue weighted by atomic mass is 9.89. The zero-order valence-electron chi connectivity index (χ0n) is 18.4. The molecule has 4 aromatic rings. The molecular weight excluding hydrogens is 470 g/mol. The number of fused-ring (bicyclic) bond motifs is 3. The highest BCUT2D eigenvalue weighted by molar-refractivity contribution is 7.98. The van der Waals surface area contributed by atoms with Crippen molar-refractivity contribution >= 4 is 44.9 Å². The lowest BCUT2D eigenvalue weighted by molar-refractivity contribution is 0.509. The second kappa shape index (κ2) is 8.98. The number of aromatic nitrogens is 2. The molecule has 2 aromatic heterocycles. The average Bonchev–Trinajstić information content (AvgIpc) is 3.17. The number of benzene rings is 2. The van der Waals surface area contributed by atoms with Crippen LogP contribution >= 0.6 is 34.7 Å². The first kappa shape index (κ1) is 22.2. The summed E-state index contributed by atoms with van der Waals surface area (Å²) in [5.74, 6) is 1.28. The molecule has 0 radical (unpaired) electrons. The Balaban J connectivity index is 1.64. The number of hydrogen-bond donors (Lipinski definition) is 0. The Morgan fingerprint density at radius 2 is 2.06 bits per heavy atom. The van der Waals surface area contributed by atoms with Gasteiger partial charge in [0.05, 0.1) is 22.7 Å². The highest BCUT2D eigenvalue weighted by atomic mass is 35.5. The SMILES string of the molecule is Cc1ccc(-n2c(SCc3ccc(C#N)cc3)nc3sc4c(c3c2=O)CC[C@H](C)C4)cc1Cl. The molecule has 33 heavy (non-hydrogen) atoms. The molecule has 7 heteroatoms. The third kappa shape index (κ3) is 4.21. The molecule has 2 aromatic carbocycles. The summed E-state index contributed by atoms with van der Waals surface area (Å²) in [5.41, 5.74) is 4.57. The van der Waals surface area contributed by atoms with E-state index in [2.05, 4.69) is 13.0 Å². The van der Waals surface area contributed by atoms with Gasteiger partial charge >= 0.3 is 0 Å². The van der Waals surface area contributed by atoms with Gasteiger partial charge in [-0.3, -0.25) is 9.36 Å². The van der Waals surface area contributed by atoms with Crippen molar-refractivity contribution in [3.63, 3.8) is 0 Å². The fourth-order valence-corrected chi connectivity index (χ4v) is 6.81. The van der Waals surface area contributed by atoms with E-state index in [4.69, 9.17) is 21.8 Å². The average molecular weight is 492 g/mol. The van der Waals surface area contributed by atoms with E-state index in [0.29, 0.717) is 27.4 Å². The predicted octanol–water partition coefficient (Wildman–Crippen LogP) is 6.70. The second-order valence-electron chi connectivity index (χ2n) is 8.60. The topological polar surface area (TPSA) is 58.7 Å². The Labute approximate surface area is 205 Å². The van der Waals surface area contributed by atoms with Gasteiger partial charge in [-0.2, -0.15) is 5.26 Å². The van der Waals surface area contributed by atoms with Gasteiger partial charge in [0.1, 0.15) is 4.83 Å². The number of nitriles is 1. The van der Waals surface area contributed by atoms with Gasteiger partial charge in [-0.1, -0.05) is 48.5 Å². The van der Waals surface area contributed by atoms with Gasteiger partial charge < -0.3 is 0 Å². The van der Waals surface area contributed by atoms with Crippen LogP contribution in [0.1, 0.15) is 40.5 Å². The van der Waals surface area contributed by atoms with Gasteiger partial charge in [0.25, 0.3) is 5.56 Å². The quantitative estimate of drug-likeness (QED) is 0.235. The lowest BCUT2D eigenvalue weighted by Gasteiger charge is -2.18. The van der Waals surface area contributed by atoms with E-state index in [-0.39, 0.29) is 5.56 Å². The molecular formula is C26H22ClN3OS2. The predicted molar refractivity (Wildman–Crippen MR) is 137 cm³/mol. The van der Waals surface area contributed by atoms with E-state index in [1.165, 1.54) is 22.2 Å². The minimum Gasteiger partial charge on any atom is -0.268 e. The van der Waals surface area contributed by atoms with Crippen LogP contribution in [-0.4, -0.2) is 9.55 Å². The number of halogens is 1. The molecule has 2 heterocycles. The largest absolute Gasteiger partial charge is 0.268 e. The summed E-state index contributed by atoms with van der Waals surface area (Å²) in [6.45, 7) is 4.22. The van der Waals surface area contributed by atoms with Gasteiger partial charge in [-0.25, -0.2) is 4.98 Å². The first-order valence-corrected chi connectivity index (χ1v) is 13.1. The van der Waals surface area contributed by atoms with Crippen LogP contribution in [0, 0.1) is 24.2 Å². The maximum absolute atomic E-state index is 13.9. The molecule has 0 fully saturated rings. The van der Waals surface area contributed by atoms with Gasteiger partial charge in [0.15, 0.2) is 5.16 Å². The first-order chi connectivity index (χ1) is 15.9. The van der Waals surface area contributed by atoms with Crippen molar-refractivity contribution in [1.29, 1.82) is 5.26 Å². The number of nitrogens with zero attached hydrogens (tertiary/aromatic N) is 3. The Morgan fingerprint density at radius 1 is 1.27 bits per heavy atom. The fraction of sp³-hybridized carbons (Fsp3) is 0.269. The summed E-state index contributed by atoms with van der Waals surface area (Å²) in [5, 5.41) is 11.1. The standard InChI is InChI=1S/C26H22ClN3OS2/c1-15-3-10-20-22(11-15)33-24-23(20)25(31)30(19-9-4-16(2)21(27)12-19)26(29-24)32-14-18-7-5-17(13-28)6-8-18/h4-9,12,15H,3,10-11,14H2,1-2H3/t15-/m0/s1. The van der Waals surface area contributed by atoms with Crippen molar-refractivity contribution in [2.24, 2.45) is 5.92 Å². The van der Waals surface area contributed by atoms with Crippen LogP contribution in [0.3, 0.4) is 0 Å². The third-order valence-electron chi connectivity index (χ3n) is 6.16. The Bertz CT molecular complexity index is 1460. The Kier molecular flexibility index (Phi) is 6.05. The highest BCUT2D eigenvalue weighted by Crippen LogP contribution is 2.37.